The Bertz CT molecular complexity index is 1380. The summed E-state index contributed by atoms with van der Waals surface area (Å²) in [5.74, 6) is -1.04. The molecule has 0 unspecified atom stereocenters. The number of carbonyl (C=O) groups is 3. The van der Waals surface area contributed by atoms with E-state index in [2.05, 4.69) is 23.5 Å². The molecule has 178 valence electrons. The Morgan fingerprint density at radius 1 is 0.971 bits per heavy atom. The Labute approximate surface area is 213 Å². The molecule has 0 atom stereocenters. The van der Waals surface area contributed by atoms with Crippen molar-refractivity contribution in [3.05, 3.63) is 98.0 Å². The molecule has 35 heavy (non-hydrogen) atoms. The van der Waals surface area contributed by atoms with Crippen molar-refractivity contribution in [1.29, 1.82) is 0 Å². The quantitative estimate of drug-likeness (QED) is 0.345. The van der Waals surface area contributed by atoms with E-state index in [0.29, 0.717) is 27.8 Å². The Morgan fingerprint density at radius 3 is 2.34 bits per heavy atom. The number of carbonyl (C=O) groups excluding carboxylic acids is 3. The van der Waals surface area contributed by atoms with Gasteiger partial charge in [0.15, 0.2) is 0 Å². The van der Waals surface area contributed by atoms with Gasteiger partial charge in [0.05, 0.1) is 12.8 Å². The van der Waals surface area contributed by atoms with Gasteiger partial charge in [-0.3, -0.25) is 14.9 Å². The molecule has 1 heterocycles. The minimum absolute atomic E-state index is 0.218. The van der Waals surface area contributed by atoms with E-state index in [1.807, 2.05) is 13.8 Å². The number of urea groups is 1. The highest BCUT2D eigenvalue weighted by Gasteiger charge is 2.37. The number of nitrogens with one attached hydrogen (secondary N) is 1. The molecule has 0 bridgehead atoms. The summed E-state index contributed by atoms with van der Waals surface area (Å²) in [6.45, 7) is 4.07. The summed E-state index contributed by atoms with van der Waals surface area (Å²) >= 11 is 12.6. The number of amides is 4. The molecule has 0 spiro atoms. The Morgan fingerprint density at radius 2 is 1.69 bits per heavy atom. The van der Waals surface area contributed by atoms with Crippen molar-refractivity contribution in [2.24, 2.45) is 0 Å². The van der Waals surface area contributed by atoms with E-state index >= 15 is 0 Å². The lowest BCUT2D eigenvalue weighted by Crippen LogP contribution is -2.54. The number of hydrogen-bond acceptors (Lipinski definition) is 4. The molecule has 8 heteroatoms. The first-order chi connectivity index (χ1) is 16.7. The van der Waals surface area contributed by atoms with Gasteiger partial charge in [-0.2, -0.15) is 0 Å². The third kappa shape index (κ3) is 5.24. The highest BCUT2D eigenvalue weighted by Crippen LogP contribution is 2.33. The van der Waals surface area contributed by atoms with Crippen LogP contribution in [-0.4, -0.2) is 25.0 Å². The molecule has 1 saturated heterocycles. The molecule has 1 aliphatic heterocycles. The van der Waals surface area contributed by atoms with Gasteiger partial charge < -0.3 is 4.74 Å². The van der Waals surface area contributed by atoms with Crippen LogP contribution in [0.1, 0.15) is 27.8 Å². The molecular weight excluding hydrogens is 487 g/mol. The number of anilines is 1. The molecule has 0 saturated carbocycles. The molecular formula is C27H22Cl2N2O4. The zero-order valence-electron chi connectivity index (χ0n) is 19.3. The van der Waals surface area contributed by atoms with Crippen LogP contribution < -0.4 is 15.0 Å². The average molecular weight is 509 g/mol. The standard InChI is InChI=1S/C27H22Cl2N2O4/c1-15-7-16(2)9-17(8-15)10-21-23(29)12-18(13-24(21)35-3)11-22-25(32)30-27(34)31(26(22)33)20-6-4-5-19(28)14-20/h4-9,11-14H,10H2,1-3H3,(H,30,32,34)/b22-11+. The number of barbiturate groups is 1. The topological polar surface area (TPSA) is 75.7 Å². The summed E-state index contributed by atoms with van der Waals surface area (Å²) in [4.78, 5) is 39.0. The Hall–Kier alpha value is -3.61. The molecule has 0 aliphatic carbocycles. The van der Waals surface area contributed by atoms with Crippen molar-refractivity contribution < 1.29 is 19.1 Å². The van der Waals surface area contributed by atoms with E-state index in [9.17, 15) is 14.4 Å². The first-order valence-electron chi connectivity index (χ1n) is 10.8. The van der Waals surface area contributed by atoms with Crippen molar-refractivity contribution in [3.8, 4) is 5.75 Å². The van der Waals surface area contributed by atoms with Crippen LogP contribution in [0.5, 0.6) is 5.75 Å². The van der Waals surface area contributed by atoms with Gasteiger partial charge in [-0.05, 0) is 61.4 Å². The second kappa shape index (κ2) is 9.94. The van der Waals surface area contributed by atoms with Crippen LogP contribution >= 0.6 is 23.2 Å². The zero-order chi connectivity index (χ0) is 25.3. The minimum Gasteiger partial charge on any atom is -0.496 e. The molecule has 4 rings (SSSR count). The van der Waals surface area contributed by atoms with E-state index in [1.54, 1.807) is 30.3 Å². The van der Waals surface area contributed by atoms with Crippen molar-refractivity contribution in [1.82, 2.24) is 5.32 Å². The normalized spacial score (nSPS) is 14.9. The third-order valence-electron chi connectivity index (χ3n) is 5.54. The van der Waals surface area contributed by atoms with Gasteiger partial charge in [0.2, 0.25) is 0 Å². The number of hydrogen-bond donors (Lipinski definition) is 1. The van der Waals surface area contributed by atoms with E-state index in [4.69, 9.17) is 27.9 Å². The summed E-state index contributed by atoms with van der Waals surface area (Å²) in [6, 6.07) is 15.0. The van der Waals surface area contributed by atoms with Crippen LogP contribution in [0.15, 0.2) is 60.2 Å². The number of methoxy groups -OCH3 is 1. The highest BCUT2D eigenvalue weighted by molar-refractivity contribution is 6.39. The summed E-state index contributed by atoms with van der Waals surface area (Å²) in [6.07, 6.45) is 1.94. The first kappa shape index (κ1) is 24.5. The number of ether oxygens (including phenoxy) is 1. The largest absolute Gasteiger partial charge is 0.496 e. The fourth-order valence-electron chi connectivity index (χ4n) is 4.12. The molecule has 0 radical (unpaired) electrons. The lowest BCUT2D eigenvalue weighted by Gasteiger charge is -2.26. The molecule has 6 nitrogen and oxygen atoms in total. The maximum Gasteiger partial charge on any atom is 0.335 e. The molecule has 4 amide bonds. The minimum atomic E-state index is -0.848. The number of benzene rings is 3. The van der Waals surface area contributed by atoms with Gasteiger partial charge in [-0.25, -0.2) is 9.69 Å². The monoisotopic (exact) mass is 508 g/mol. The number of halogens is 2. The number of aryl methyl sites for hydroxylation is 2. The predicted molar refractivity (Wildman–Crippen MR) is 137 cm³/mol. The van der Waals surface area contributed by atoms with Gasteiger partial charge in [-0.1, -0.05) is 58.6 Å². The molecule has 1 N–H and O–H groups in total. The number of nitrogens with zero attached hydrogens (tertiary/aromatic N) is 1. The predicted octanol–water partition coefficient (Wildman–Crippen LogP) is 5.88. The van der Waals surface area contributed by atoms with Gasteiger partial charge in [0.1, 0.15) is 11.3 Å². The SMILES string of the molecule is COc1cc(/C=C2\C(=O)NC(=O)N(c3cccc(Cl)c3)C2=O)cc(Cl)c1Cc1cc(C)cc(C)c1. The average Bonchev–Trinajstić information content (AvgIpc) is 2.77. The second-order valence-corrected chi connectivity index (χ2v) is 9.14. The van der Waals surface area contributed by atoms with E-state index in [-0.39, 0.29) is 11.3 Å². The van der Waals surface area contributed by atoms with Crippen LogP contribution in [0.2, 0.25) is 10.0 Å². The zero-order valence-corrected chi connectivity index (χ0v) is 20.8. The van der Waals surface area contributed by atoms with Gasteiger partial charge in [0.25, 0.3) is 11.8 Å². The van der Waals surface area contributed by atoms with Gasteiger partial charge >= 0.3 is 6.03 Å². The van der Waals surface area contributed by atoms with Gasteiger partial charge in [0, 0.05) is 22.0 Å². The molecule has 3 aromatic rings. The van der Waals surface area contributed by atoms with Crippen molar-refractivity contribution in [2.45, 2.75) is 20.3 Å². The van der Waals surface area contributed by atoms with E-state index < -0.39 is 17.8 Å². The highest BCUT2D eigenvalue weighted by atomic mass is 35.5. The van der Waals surface area contributed by atoms with Crippen molar-refractivity contribution in [3.63, 3.8) is 0 Å². The fourth-order valence-corrected chi connectivity index (χ4v) is 4.59. The summed E-state index contributed by atoms with van der Waals surface area (Å²) in [7, 11) is 1.53. The van der Waals surface area contributed by atoms with E-state index in [1.165, 1.54) is 19.3 Å². The lowest BCUT2D eigenvalue weighted by atomic mass is 9.98. The van der Waals surface area contributed by atoms with Crippen LogP contribution in [0.4, 0.5) is 10.5 Å². The Balaban J connectivity index is 1.71. The molecule has 1 fully saturated rings. The second-order valence-electron chi connectivity index (χ2n) is 8.29. The van der Waals surface area contributed by atoms with Crippen LogP contribution in [0.3, 0.4) is 0 Å². The number of rotatable bonds is 5. The number of imide groups is 2. The van der Waals surface area contributed by atoms with Crippen molar-refractivity contribution in [2.75, 3.05) is 12.0 Å². The van der Waals surface area contributed by atoms with Crippen molar-refractivity contribution >= 4 is 52.8 Å². The molecule has 0 aromatic heterocycles. The maximum absolute atomic E-state index is 13.1. The third-order valence-corrected chi connectivity index (χ3v) is 6.11. The van der Waals surface area contributed by atoms with Crippen LogP contribution in [0, 0.1) is 13.8 Å². The summed E-state index contributed by atoms with van der Waals surface area (Å²) in [5, 5.41) is 2.98. The summed E-state index contributed by atoms with van der Waals surface area (Å²) < 4.78 is 5.58. The molecule has 3 aromatic carbocycles. The van der Waals surface area contributed by atoms with E-state index in [0.717, 1.165) is 27.2 Å². The maximum atomic E-state index is 13.1. The first-order valence-corrected chi connectivity index (χ1v) is 11.5. The fraction of sp³-hybridized carbons (Fsp3) is 0.148. The summed E-state index contributed by atoms with van der Waals surface area (Å²) in [5.41, 5.74) is 4.69. The van der Waals surface area contributed by atoms with Crippen LogP contribution in [-0.2, 0) is 16.0 Å². The van der Waals surface area contributed by atoms with Crippen LogP contribution in [0.25, 0.3) is 6.08 Å². The Kier molecular flexibility index (Phi) is 6.96. The molecule has 1 aliphatic rings. The van der Waals surface area contributed by atoms with Gasteiger partial charge in [-0.15, -0.1) is 0 Å². The smallest absolute Gasteiger partial charge is 0.335 e. The lowest BCUT2D eigenvalue weighted by molar-refractivity contribution is -0.122.